The van der Waals surface area contributed by atoms with Gasteiger partial charge in [-0.25, -0.2) is 0 Å². The molecule has 0 aliphatic carbocycles. The standard InChI is InChI=1S/BH3.Ca.4FH.2H/h1H3;;4*1H;;. The van der Waals surface area contributed by atoms with Crippen molar-refractivity contribution in [3.05, 3.63) is 0 Å². The third kappa shape index (κ3) is 75.6. The fraction of sp³-hybridized carbons (Fsp3) is 0. The van der Waals surface area contributed by atoms with Gasteiger partial charge in [0, 0.05) is 0 Å². The quantitative estimate of drug-likeness (QED) is 0.281. The van der Waals surface area contributed by atoms with Crippen LogP contribution in [0.4, 0.5) is 18.8 Å². The third-order valence-electron chi connectivity index (χ3n) is 0. The van der Waals surface area contributed by atoms with Gasteiger partial charge in [0.2, 0.25) is 0 Å². The minimum atomic E-state index is 0. The summed E-state index contributed by atoms with van der Waals surface area (Å²) in [4.78, 5) is 0. The van der Waals surface area contributed by atoms with E-state index in [4.69, 9.17) is 0 Å². The summed E-state index contributed by atoms with van der Waals surface area (Å²) in [5.74, 6) is 0. The SMILES string of the molecule is B.F.F.F.F.[CaH2]. The van der Waals surface area contributed by atoms with Gasteiger partial charge in [-0.1, -0.05) is 0 Å². The molecule has 0 aromatic heterocycles. The summed E-state index contributed by atoms with van der Waals surface area (Å²) in [5, 5.41) is 0. The average molecular weight is 136 g/mol. The van der Waals surface area contributed by atoms with Gasteiger partial charge in [-0.15, -0.1) is 0 Å². The summed E-state index contributed by atoms with van der Waals surface area (Å²) >= 11 is 0. The van der Waals surface area contributed by atoms with E-state index in [-0.39, 0.29) is 65.0 Å². The van der Waals surface area contributed by atoms with E-state index in [1.165, 1.54) is 0 Å². The first-order chi connectivity index (χ1) is 0. The topological polar surface area (TPSA) is 0 Å². The minimum absolute atomic E-state index is 0. The molecule has 0 unspecified atom stereocenters. The summed E-state index contributed by atoms with van der Waals surface area (Å²) in [6, 6.07) is 0. The van der Waals surface area contributed by atoms with Crippen molar-refractivity contribution in [2.75, 3.05) is 0 Å². The van der Waals surface area contributed by atoms with Gasteiger partial charge in [-0.2, -0.15) is 0 Å². The maximum absolute atomic E-state index is 0. The van der Waals surface area contributed by atoms with Crippen molar-refractivity contribution in [1.29, 1.82) is 0 Å². The number of hydrogen-bond acceptors (Lipinski definition) is 0. The van der Waals surface area contributed by atoms with E-state index in [1.54, 1.807) is 0 Å². The van der Waals surface area contributed by atoms with Crippen LogP contribution in [0, 0.1) is 0 Å². The zero-order chi connectivity index (χ0) is 0. The molecule has 0 amide bonds. The van der Waals surface area contributed by atoms with Crippen LogP contribution in [0.1, 0.15) is 0 Å². The molecule has 0 bridgehead atoms. The van der Waals surface area contributed by atoms with Gasteiger partial charge >= 0.3 is 37.7 Å². The van der Waals surface area contributed by atoms with Crippen LogP contribution in [0.5, 0.6) is 0 Å². The van der Waals surface area contributed by atoms with E-state index in [9.17, 15) is 0 Å². The van der Waals surface area contributed by atoms with E-state index in [0.29, 0.717) is 0 Å². The molecule has 0 saturated carbocycles. The molecule has 0 aromatic carbocycles. The zero-order valence-corrected chi connectivity index (χ0v) is 1.63. The Hall–Kier alpha value is 1.04. The van der Waals surface area contributed by atoms with Crippen molar-refractivity contribution >= 4 is 46.2 Å². The van der Waals surface area contributed by atoms with E-state index in [0.717, 1.165) is 0 Å². The Morgan fingerprint density at radius 1 is 0.500 bits per heavy atom. The van der Waals surface area contributed by atoms with E-state index >= 15 is 0 Å². The molecular formula is H9BCaF4. The summed E-state index contributed by atoms with van der Waals surface area (Å²) < 4.78 is 0. The fourth-order valence-electron chi connectivity index (χ4n) is 0. The molecule has 0 atom stereocenters. The van der Waals surface area contributed by atoms with Crippen LogP contribution in [0.2, 0.25) is 0 Å². The second-order valence-electron chi connectivity index (χ2n) is 0. The van der Waals surface area contributed by atoms with E-state index < -0.39 is 0 Å². The van der Waals surface area contributed by atoms with Crippen LogP contribution >= 0.6 is 0 Å². The van der Waals surface area contributed by atoms with E-state index in [2.05, 4.69) is 0 Å². The molecule has 0 rings (SSSR count). The summed E-state index contributed by atoms with van der Waals surface area (Å²) in [5.41, 5.74) is 0. The van der Waals surface area contributed by atoms with Crippen LogP contribution in [-0.4, -0.2) is 46.2 Å². The molecule has 6 heavy (non-hydrogen) atoms. The first-order valence-corrected chi connectivity index (χ1v) is 0. The monoisotopic (exact) mass is 136 g/mol. The van der Waals surface area contributed by atoms with Crippen molar-refractivity contribution in [1.82, 2.24) is 0 Å². The van der Waals surface area contributed by atoms with Gasteiger partial charge in [0.25, 0.3) is 0 Å². The Labute approximate surface area is 64.7 Å². The molecular weight excluding hydrogens is 127 g/mol. The molecule has 0 heterocycles. The molecule has 0 N–H and O–H groups in total. The van der Waals surface area contributed by atoms with Gasteiger partial charge in [0.15, 0.2) is 0 Å². The fourth-order valence-corrected chi connectivity index (χ4v) is 0. The molecule has 0 aliphatic rings. The number of hydrogen-bond donors (Lipinski definition) is 0. The van der Waals surface area contributed by atoms with Crippen LogP contribution in [-0.2, 0) is 0 Å². The molecule has 6 heteroatoms. The first kappa shape index (κ1) is 236. The predicted molar refractivity (Wildman–Crippen MR) is 28.5 cm³/mol. The summed E-state index contributed by atoms with van der Waals surface area (Å²) in [6.45, 7) is 0. The van der Waals surface area contributed by atoms with Crippen LogP contribution < -0.4 is 0 Å². The molecule has 0 fully saturated rings. The van der Waals surface area contributed by atoms with Gasteiger partial charge in [-0.3, -0.25) is 18.8 Å². The molecule has 0 saturated heterocycles. The second-order valence-corrected chi connectivity index (χ2v) is 0. The Balaban J connectivity index is 0. The zero-order valence-electron chi connectivity index (χ0n) is 1.63. The molecule has 0 nitrogen and oxygen atoms in total. The Morgan fingerprint density at radius 2 is 0.500 bits per heavy atom. The van der Waals surface area contributed by atoms with Gasteiger partial charge in [-0.05, 0) is 0 Å². The second kappa shape index (κ2) is 141. The molecule has 0 aliphatic heterocycles. The summed E-state index contributed by atoms with van der Waals surface area (Å²) in [7, 11) is 0. The first-order valence-electron chi connectivity index (χ1n) is 0. The molecule has 0 aromatic rings. The molecule has 42 valence electrons. The average Bonchev–Trinajstić information content (AvgIpc) is 0. The predicted octanol–water partition coefficient (Wildman–Crippen LogP) is -1.49. The van der Waals surface area contributed by atoms with Crippen LogP contribution in [0.25, 0.3) is 0 Å². The van der Waals surface area contributed by atoms with Crippen LogP contribution in [0.3, 0.4) is 0 Å². The number of halogens is 4. The Bertz CT molecular complexity index is 7.51. The van der Waals surface area contributed by atoms with Gasteiger partial charge in [0.05, 0.1) is 8.41 Å². The van der Waals surface area contributed by atoms with Crippen molar-refractivity contribution in [3.63, 3.8) is 0 Å². The van der Waals surface area contributed by atoms with Gasteiger partial charge in [0.1, 0.15) is 0 Å². The van der Waals surface area contributed by atoms with Crippen molar-refractivity contribution in [2.45, 2.75) is 0 Å². The number of rotatable bonds is 0. The van der Waals surface area contributed by atoms with Crippen LogP contribution in [0.15, 0.2) is 0 Å². The van der Waals surface area contributed by atoms with Crippen molar-refractivity contribution in [3.8, 4) is 0 Å². The Kier molecular flexibility index (Phi) is 5540. The summed E-state index contributed by atoms with van der Waals surface area (Å²) in [6.07, 6.45) is 0. The third-order valence-corrected chi connectivity index (χ3v) is 0. The maximum atomic E-state index is 0. The normalized spacial score (nSPS) is 0. The Morgan fingerprint density at radius 3 is 0.500 bits per heavy atom. The van der Waals surface area contributed by atoms with Crippen molar-refractivity contribution < 1.29 is 18.8 Å². The molecule has 0 spiro atoms. The van der Waals surface area contributed by atoms with Crippen molar-refractivity contribution in [2.24, 2.45) is 0 Å². The van der Waals surface area contributed by atoms with Gasteiger partial charge < -0.3 is 0 Å². The molecule has 0 radical (unpaired) electrons. The van der Waals surface area contributed by atoms with E-state index in [1.807, 2.05) is 0 Å².